The number of nitrogens with one attached hydrogen (secondary N) is 1. The number of aryl methyl sites for hydroxylation is 1. The Hall–Kier alpha value is -1.56. The number of hydrogen-bond donors (Lipinski definition) is 2. The quantitative estimate of drug-likeness (QED) is 0.755. The highest BCUT2D eigenvalue weighted by Crippen LogP contribution is 2.26. The van der Waals surface area contributed by atoms with E-state index >= 15 is 0 Å². The minimum Gasteiger partial charge on any atom is -0.476 e. The normalized spacial score (nSPS) is 10.7. The van der Waals surface area contributed by atoms with Gasteiger partial charge >= 0.3 is 0 Å². The molecule has 0 fully saturated rings. The summed E-state index contributed by atoms with van der Waals surface area (Å²) >= 11 is 0. The Kier molecular flexibility index (Phi) is 5.64. The molecule has 1 aromatic heterocycles. The summed E-state index contributed by atoms with van der Waals surface area (Å²) in [6, 6.07) is 0. The van der Waals surface area contributed by atoms with E-state index in [0.717, 1.165) is 25.3 Å². The van der Waals surface area contributed by atoms with Crippen molar-refractivity contribution in [2.45, 2.75) is 20.3 Å². The third-order valence-electron chi connectivity index (χ3n) is 2.41. The molecular weight excluding hydrogens is 230 g/mol. The van der Waals surface area contributed by atoms with Crippen LogP contribution >= 0.6 is 0 Å². The van der Waals surface area contributed by atoms with Crippen LogP contribution in [0.2, 0.25) is 0 Å². The minimum atomic E-state index is 0.469. The molecule has 1 heterocycles. The first-order chi connectivity index (χ1) is 8.58. The standard InChI is InChI=1S/C12H23N5O/c1-5-9-15-11(14-7-8-17(3)4)10(13)12(16-9)18-6-2/h5-8,13H2,1-4H3,(H,14,15,16). The molecule has 0 spiro atoms. The van der Waals surface area contributed by atoms with Crippen molar-refractivity contribution in [3.8, 4) is 5.88 Å². The van der Waals surface area contributed by atoms with E-state index in [1.165, 1.54) is 0 Å². The van der Waals surface area contributed by atoms with E-state index in [1.54, 1.807) is 0 Å². The van der Waals surface area contributed by atoms with Crippen molar-refractivity contribution in [2.24, 2.45) is 0 Å². The molecular formula is C12H23N5O. The van der Waals surface area contributed by atoms with Gasteiger partial charge in [0.2, 0.25) is 5.88 Å². The molecule has 0 saturated carbocycles. The first kappa shape index (κ1) is 14.5. The number of rotatable bonds is 7. The van der Waals surface area contributed by atoms with Crippen LogP contribution in [0.5, 0.6) is 5.88 Å². The molecule has 1 aromatic rings. The molecule has 0 bridgehead atoms. The van der Waals surface area contributed by atoms with Crippen LogP contribution in [0.15, 0.2) is 0 Å². The maximum Gasteiger partial charge on any atom is 0.242 e. The zero-order valence-electron chi connectivity index (χ0n) is 11.7. The van der Waals surface area contributed by atoms with Crippen LogP contribution in [0.4, 0.5) is 11.5 Å². The van der Waals surface area contributed by atoms with Gasteiger partial charge < -0.3 is 20.7 Å². The van der Waals surface area contributed by atoms with Gasteiger partial charge in [-0.3, -0.25) is 0 Å². The monoisotopic (exact) mass is 253 g/mol. The number of aromatic nitrogens is 2. The molecule has 0 unspecified atom stereocenters. The van der Waals surface area contributed by atoms with E-state index in [1.807, 2.05) is 27.9 Å². The average molecular weight is 253 g/mol. The molecule has 0 aliphatic heterocycles. The largest absolute Gasteiger partial charge is 0.476 e. The van der Waals surface area contributed by atoms with Gasteiger partial charge in [-0.2, -0.15) is 4.98 Å². The Balaban J connectivity index is 2.84. The van der Waals surface area contributed by atoms with Crippen LogP contribution < -0.4 is 15.8 Å². The topological polar surface area (TPSA) is 76.3 Å². The van der Waals surface area contributed by atoms with Crippen molar-refractivity contribution in [3.63, 3.8) is 0 Å². The van der Waals surface area contributed by atoms with Gasteiger partial charge in [0.1, 0.15) is 11.5 Å². The van der Waals surface area contributed by atoms with E-state index in [4.69, 9.17) is 10.5 Å². The number of anilines is 2. The second kappa shape index (κ2) is 7.00. The summed E-state index contributed by atoms with van der Waals surface area (Å²) < 4.78 is 5.42. The fourth-order valence-corrected chi connectivity index (χ4v) is 1.43. The molecule has 1 rings (SSSR count). The number of nitrogens with zero attached hydrogens (tertiary/aromatic N) is 3. The van der Waals surface area contributed by atoms with Gasteiger partial charge in [0.15, 0.2) is 5.82 Å². The van der Waals surface area contributed by atoms with E-state index in [9.17, 15) is 0 Å². The first-order valence-corrected chi connectivity index (χ1v) is 6.26. The van der Waals surface area contributed by atoms with E-state index in [2.05, 4.69) is 20.2 Å². The number of likely N-dealkylation sites (N-methyl/N-ethyl adjacent to an activating group) is 1. The maximum absolute atomic E-state index is 5.98. The van der Waals surface area contributed by atoms with Crippen molar-refractivity contribution in [3.05, 3.63) is 5.82 Å². The summed E-state index contributed by atoms with van der Waals surface area (Å²) in [6.07, 6.45) is 0.753. The lowest BCUT2D eigenvalue weighted by molar-refractivity contribution is 0.327. The van der Waals surface area contributed by atoms with Crippen molar-refractivity contribution in [1.29, 1.82) is 0 Å². The Morgan fingerprint density at radius 3 is 2.56 bits per heavy atom. The molecule has 6 heteroatoms. The number of hydrogen-bond acceptors (Lipinski definition) is 6. The van der Waals surface area contributed by atoms with Crippen LogP contribution in [-0.4, -0.2) is 48.7 Å². The summed E-state index contributed by atoms with van der Waals surface area (Å²) in [4.78, 5) is 10.8. The molecule has 102 valence electrons. The first-order valence-electron chi connectivity index (χ1n) is 6.26. The highest BCUT2D eigenvalue weighted by molar-refractivity contribution is 5.66. The van der Waals surface area contributed by atoms with Gasteiger partial charge in [-0.1, -0.05) is 6.92 Å². The second-order valence-electron chi connectivity index (χ2n) is 4.22. The molecule has 3 N–H and O–H groups in total. The lowest BCUT2D eigenvalue weighted by Gasteiger charge is -2.14. The third-order valence-corrected chi connectivity index (χ3v) is 2.41. The zero-order chi connectivity index (χ0) is 13.5. The SMILES string of the molecule is CCOc1nc(CC)nc(NCCN(C)C)c1N. The van der Waals surface area contributed by atoms with Gasteiger partial charge in [0.25, 0.3) is 0 Å². The third kappa shape index (κ3) is 4.03. The fraction of sp³-hybridized carbons (Fsp3) is 0.667. The number of nitrogen functional groups attached to an aromatic ring is 1. The second-order valence-corrected chi connectivity index (χ2v) is 4.22. The summed E-state index contributed by atoms with van der Waals surface area (Å²) in [7, 11) is 4.04. The molecule has 18 heavy (non-hydrogen) atoms. The predicted molar refractivity (Wildman–Crippen MR) is 74.0 cm³/mol. The Bertz CT molecular complexity index is 381. The number of nitrogens with two attached hydrogens (primary N) is 1. The molecule has 0 amide bonds. The molecule has 0 atom stereocenters. The number of ether oxygens (including phenoxy) is 1. The van der Waals surface area contributed by atoms with Crippen LogP contribution in [0.1, 0.15) is 19.7 Å². The van der Waals surface area contributed by atoms with Crippen molar-refractivity contribution < 1.29 is 4.74 Å². The lowest BCUT2D eigenvalue weighted by Crippen LogP contribution is -2.22. The molecule has 0 aliphatic carbocycles. The smallest absolute Gasteiger partial charge is 0.242 e. The summed E-state index contributed by atoms with van der Waals surface area (Å²) in [5.74, 6) is 1.86. The van der Waals surface area contributed by atoms with Crippen LogP contribution in [0.25, 0.3) is 0 Å². The van der Waals surface area contributed by atoms with Crippen molar-refractivity contribution in [1.82, 2.24) is 14.9 Å². The van der Waals surface area contributed by atoms with Gasteiger partial charge in [0.05, 0.1) is 6.61 Å². The summed E-state index contributed by atoms with van der Waals surface area (Å²) in [5, 5.41) is 3.22. The van der Waals surface area contributed by atoms with Gasteiger partial charge in [-0.15, -0.1) is 0 Å². The summed E-state index contributed by atoms with van der Waals surface area (Å²) in [5.41, 5.74) is 6.46. The maximum atomic E-state index is 5.98. The van der Waals surface area contributed by atoms with Gasteiger partial charge in [-0.25, -0.2) is 4.98 Å². The van der Waals surface area contributed by atoms with Gasteiger partial charge in [0, 0.05) is 19.5 Å². The minimum absolute atomic E-state index is 0.469. The fourth-order valence-electron chi connectivity index (χ4n) is 1.43. The summed E-state index contributed by atoms with van der Waals surface area (Å²) in [6.45, 7) is 6.15. The lowest BCUT2D eigenvalue weighted by atomic mass is 10.4. The predicted octanol–water partition coefficient (Wildman–Crippen LogP) is 0.993. The van der Waals surface area contributed by atoms with Crippen molar-refractivity contribution in [2.75, 3.05) is 44.8 Å². The van der Waals surface area contributed by atoms with Crippen LogP contribution in [0.3, 0.4) is 0 Å². The van der Waals surface area contributed by atoms with Crippen molar-refractivity contribution >= 4 is 11.5 Å². The molecule has 0 aromatic carbocycles. The molecule has 0 aliphatic rings. The Labute approximate surface area is 109 Å². The van der Waals surface area contributed by atoms with E-state index in [-0.39, 0.29) is 0 Å². The Morgan fingerprint density at radius 1 is 1.28 bits per heavy atom. The highest BCUT2D eigenvalue weighted by Gasteiger charge is 2.11. The van der Waals surface area contributed by atoms with Crippen LogP contribution in [-0.2, 0) is 6.42 Å². The molecule has 6 nitrogen and oxygen atoms in total. The van der Waals surface area contributed by atoms with E-state index < -0.39 is 0 Å². The molecule has 0 radical (unpaired) electrons. The van der Waals surface area contributed by atoms with Gasteiger partial charge in [-0.05, 0) is 21.0 Å². The highest BCUT2D eigenvalue weighted by atomic mass is 16.5. The average Bonchev–Trinajstić information content (AvgIpc) is 2.33. The van der Waals surface area contributed by atoms with Crippen LogP contribution in [0, 0.1) is 0 Å². The molecule has 0 saturated heterocycles. The zero-order valence-corrected chi connectivity index (χ0v) is 11.7. The Morgan fingerprint density at radius 2 is 2.00 bits per heavy atom. The van der Waals surface area contributed by atoms with E-state index in [0.29, 0.717) is 24.0 Å².